The quantitative estimate of drug-likeness (QED) is 0.456. The third-order valence-corrected chi connectivity index (χ3v) is 6.37. The standard InChI is InChI=1S/C23H17FN4O2S/c1-14-20-17(24)8-5-9-18(20)31-21(14)22(29)25-16-7-4-6-15(12-16)13-28-23(30)27-11-3-2-10-19(27)26-28/h2-12H,13H2,1H3,(H,25,29). The molecule has 0 aliphatic heterocycles. The molecular formula is C23H17FN4O2S. The number of benzene rings is 2. The average Bonchev–Trinajstić information content (AvgIpc) is 3.26. The second kappa shape index (κ2) is 7.48. The highest BCUT2D eigenvalue weighted by Crippen LogP contribution is 2.33. The SMILES string of the molecule is Cc1c(C(=O)Nc2cccc(Cn3nc4ccccn4c3=O)c2)sc2cccc(F)c12. The summed E-state index contributed by atoms with van der Waals surface area (Å²) in [5.41, 5.74) is 2.39. The largest absolute Gasteiger partial charge is 0.350 e. The van der Waals surface area contributed by atoms with E-state index >= 15 is 0 Å². The number of rotatable bonds is 4. The van der Waals surface area contributed by atoms with Crippen molar-refractivity contribution in [3.8, 4) is 0 Å². The van der Waals surface area contributed by atoms with Crippen molar-refractivity contribution in [2.24, 2.45) is 0 Å². The fraction of sp³-hybridized carbons (Fsp3) is 0.0870. The van der Waals surface area contributed by atoms with Crippen LogP contribution in [0.15, 0.2) is 71.7 Å². The lowest BCUT2D eigenvalue weighted by molar-refractivity contribution is 0.103. The molecule has 0 saturated heterocycles. The molecule has 0 aliphatic carbocycles. The Bertz CT molecular complexity index is 1520. The van der Waals surface area contributed by atoms with Gasteiger partial charge in [0, 0.05) is 22.0 Å². The third kappa shape index (κ3) is 3.40. The van der Waals surface area contributed by atoms with Crippen LogP contribution in [0.25, 0.3) is 15.7 Å². The summed E-state index contributed by atoms with van der Waals surface area (Å²) < 4.78 is 17.8. The zero-order chi connectivity index (χ0) is 21.5. The summed E-state index contributed by atoms with van der Waals surface area (Å²) in [6.45, 7) is 2.03. The Balaban J connectivity index is 1.41. The molecule has 0 spiro atoms. The molecule has 2 aromatic carbocycles. The van der Waals surface area contributed by atoms with Crippen molar-refractivity contribution >= 4 is 38.7 Å². The Morgan fingerprint density at radius 2 is 1.97 bits per heavy atom. The number of pyridine rings is 1. The molecule has 0 bridgehead atoms. The van der Waals surface area contributed by atoms with Gasteiger partial charge in [0.15, 0.2) is 5.65 Å². The van der Waals surface area contributed by atoms with Crippen LogP contribution in [-0.2, 0) is 6.54 Å². The maximum atomic E-state index is 14.2. The molecule has 1 N–H and O–H groups in total. The number of fused-ring (bicyclic) bond motifs is 2. The van der Waals surface area contributed by atoms with E-state index in [4.69, 9.17) is 0 Å². The van der Waals surface area contributed by atoms with Gasteiger partial charge in [-0.3, -0.25) is 9.20 Å². The number of aromatic nitrogens is 3. The average molecular weight is 432 g/mol. The summed E-state index contributed by atoms with van der Waals surface area (Å²) >= 11 is 1.27. The van der Waals surface area contributed by atoms with Crippen molar-refractivity contribution in [2.45, 2.75) is 13.5 Å². The van der Waals surface area contributed by atoms with Gasteiger partial charge in [-0.1, -0.05) is 24.3 Å². The van der Waals surface area contributed by atoms with Crippen LogP contribution in [0, 0.1) is 12.7 Å². The highest BCUT2D eigenvalue weighted by molar-refractivity contribution is 7.21. The molecule has 5 rings (SSSR count). The normalized spacial score (nSPS) is 11.3. The Kier molecular flexibility index (Phi) is 4.63. The fourth-order valence-corrected chi connectivity index (χ4v) is 4.77. The molecule has 3 heterocycles. The minimum Gasteiger partial charge on any atom is -0.321 e. The van der Waals surface area contributed by atoms with E-state index in [2.05, 4.69) is 10.4 Å². The van der Waals surface area contributed by atoms with E-state index in [0.717, 1.165) is 10.3 Å². The molecule has 5 aromatic rings. The molecule has 0 aliphatic rings. The molecule has 0 fully saturated rings. The molecular weight excluding hydrogens is 415 g/mol. The van der Waals surface area contributed by atoms with Gasteiger partial charge in [0.25, 0.3) is 5.91 Å². The van der Waals surface area contributed by atoms with E-state index in [0.29, 0.717) is 27.2 Å². The van der Waals surface area contributed by atoms with Crippen LogP contribution < -0.4 is 11.0 Å². The van der Waals surface area contributed by atoms with E-state index in [1.54, 1.807) is 49.5 Å². The Labute approximate surface area is 180 Å². The first-order valence-electron chi connectivity index (χ1n) is 9.63. The van der Waals surface area contributed by atoms with Crippen molar-refractivity contribution in [3.63, 3.8) is 0 Å². The number of amides is 1. The molecule has 0 atom stereocenters. The van der Waals surface area contributed by atoms with E-state index in [9.17, 15) is 14.0 Å². The number of nitrogens with one attached hydrogen (secondary N) is 1. The van der Waals surface area contributed by atoms with Gasteiger partial charge in [-0.05, 0) is 54.4 Å². The Morgan fingerprint density at radius 1 is 1.13 bits per heavy atom. The number of anilines is 1. The highest BCUT2D eigenvalue weighted by atomic mass is 32.1. The van der Waals surface area contributed by atoms with Gasteiger partial charge in [0.05, 0.1) is 11.4 Å². The van der Waals surface area contributed by atoms with Gasteiger partial charge in [0.2, 0.25) is 0 Å². The zero-order valence-electron chi connectivity index (χ0n) is 16.5. The summed E-state index contributed by atoms with van der Waals surface area (Å²) in [6.07, 6.45) is 1.67. The van der Waals surface area contributed by atoms with Crippen LogP contribution in [-0.4, -0.2) is 20.1 Å². The first-order valence-corrected chi connectivity index (χ1v) is 10.4. The molecule has 1 amide bonds. The summed E-state index contributed by atoms with van der Waals surface area (Å²) in [5.74, 6) is -0.620. The van der Waals surface area contributed by atoms with Crippen LogP contribution in [0.2, 0.25) is 0 Å². The molecule has 3 aromatic heterocycles. The fourth-order valence-electron chi connectivity index (χ4n) is 3.65. The predicted octanol–water partition coefficient (Wildman–Crippen LogP) is 4.46. The van der Waals surface area contributed by atoms with Gasteiger partial charge < -0.3 is 5.32 Å². The highest BCUT2D eigenvalue weighted by Gasteiger charge is 2.18. The predicted molar refractivity (Wildman–Crippen MR) is 119 cm³/mol. The van der Waals surface area contributed by atoms with Gasteiger partial charge in [0.1, 0.15) is 5.82 Å². The summed E-state index contributed by atoms with van der Waals surface area (Å²) in [5, 5.41) is 7.70. The molecule has 0 radical (unpaired) electrons. The number of carbonyl (C=O) groups is 1. The van der Waals surface area contributed by atoms with Crippen LogP contribution in [0.4, 0.5) is 10.1 Å². The number of thiophene rings is 1. The first-order chi connectivity index (χ1) is 15.0. The van der Waals surface area contributed by atoms with Crippen LogP contribution in [0.1, 0.15) is 20.8 Å². The van der Waals surface area contributed by atoms with Crippen LogP contribution in [0.5, 0.6) is 0 Å². The first kappa shape index (κ1) is 19.2. The number of carbonyl (C=O) groups excluding carboxylic acids is 1. The number of halogens is 1. The lowest BCUT2D eigenvalue weighted by Gasteiger charge is -2.07. The third-order valence-electron chi connectivity index (χ3n) is 5.11. The van der Waals surface area contributed by atoms with Crippen molar-refractivity contribution in [2.75, 3.05) is 5.32 Å². The topological polar surface area (TPSA) is 68.4 Å². The lowest BCUT2D eigenvalue weighted by Crippen LogP contribution is -2.21. The van der Waals surface area contributed by atoms with Gasteiger partial charge in [-0.15, -0.1) is 16.4 Å². The maximum absolute atomic E-state index is 14.2. The summed E-state index contributed by atoms with van der Waals surface area (Å²) in [7, 11) is 0. The molecule has 0 unspecified atom stereocenters. The smallest absolute Gasteiger partial charge is 0.321 e. The van der Waals surface area contributed by atoms with E-state index < -0.39 is 0 Å². The van der Waals surface area contributed by atoms with Crippen molar-refractivity contribution in [1.82, 2.24) is 14.2 Å². The minimum atomic E-state index is -0.329. The molecule has 8 heteroatoms. The number of hydrogen-bond donors (Lipinski definition) is 1. The van der Waals surface area contributed by atoms with Crippen molar-refractivity contribution in [1.29, 1.82) is 0 Å². The van der Waals surface area contributed by atoms with Crippen LogP contribution >= 0.6 is 11.3 Å². The number of hydrogen-bond acceptors (Lipinski definition) is 4. The lowest BCUT2D eigenvalue weighted by atomic mass is 10.1. The monoisotopic (exact) mass is 432 g/mol. The van der Waals surface area contributed by atoms with Gasteiger partial charge in [-0.25, -0.2) is 13.9 Å². The van der Waals surface area contributed by atoms with Crippen molar-refractivity contribution < 1.29 is 9.18 Å². The van der Waals surface area contributed by atoms with Crippen LogP contribution in [0.3, 0.4) is 0 Å². The van der Waals surface area contributed by atoms with Gasteiger partial charge in [-0.2, -0.15) is 0 Å². The second-order valence-corrected chi connectivity index (χ2v) is 8.24. The van der Waals surface area contributed by atoms with E-state index in [1.165, 1.54) is 26.5 Å². The minimum absolute atomic E-state index is 0.229. The Morgan fingerprint density at radius 3 is 2.77 bits per heavy atom. The summed E-state index contributed by atoms with van der Waals surface area (Å²) in [6, 6.07) is 17.5. The second-order valence-electron chi connectivity index (χ2n) is 7.19. The zero-order valence-corrected chi connectivity index (χ0v) is 17.3. The number of nitrogens with zero attached hydrogens (tertiary/aromatic N) is 3. The van der Waals surface area contributed by atoms with E-state index in [1.807, 2.05) is 18.2 Å². The van der Waals surface area contributed by atoms with E-state index in [-0.39, 0.29) is 24.0 Å². The van der Waals surface area contributed by atoms with Crippen molar-refractivity contribution in [3.05, 3.63) is 99.2 Å². The number of aryl methyl sites for hydroxylation is 1. The maximum Gasteiger partial charge on any atom is 0.350 e. The molecule has 31 heavy (non-hydrogen) atoms. The molecule has 6 nitrogen and oxygen atoms in total. The Hall–Kier alpha value is -3.78. The summed E-state index contributed by atoms with van der Waals surface area (Å²) in [4.78, 5) is 25.8. The van der Waals surface area contributed by atoms with Gasteiger partial charge >= 0.3 is 5.69 Å². The molecule has 154 valence electrons. The molecule has 0 saturated carbocycles.